The van der Waals surface area contributed by atoms with Crippen LogP contribution in [0.1, 0.15) is 34.5 Å². The second kappa shape index (κ2) is 10.2. The zero-order valence-electron chi connectivity index (χ0n) is 19.9. The Morgan fingerprint density at radius 2 is 1.67 bits per heavy atom. The number of hydrogen-bond donors (Lipinski definition) is 2. The molecule has 7 nitrogen and oxygen atoms in total. The number of anilines is 1. The van der Waals surface area contributed by atoms with E-state index in [1.807, 2.05) is 72.8 Å². The maximum Gasteiger partial charge on any atom is 0.253 e. The lowest BCUT2D eigenvalue weighted by Gasteiger charge is -2.16. The molecule has 5 aromatic rings. The van der Waals surface area contributed by atoms with Crippen LogP contribution in [0.5, 0.6) is 0 Å². The minimum atomic E-state index is -0.250. The largest absolute Gasteiger partial charge is 0.345 e. The molecule has 5 rings (SSSR count). The number of aryl methyl sites for hydroxylation is 1. The Hall–Kier alpha value is -4.17. The molecule has 0 radical (unpaired) electrons. The monoisotopic (exact) mass is 495 g/mol. The number of rotatable bonds is 7. The van der Waals surface area contributed by atoms with E-state index in [4.69, 9.17) is 0 Å². The molecule has 2 amide bonds. The second-order valence-electron chi connectivity index (χ2n) is 8.51. The molecule has 2 aromatic heterocycles. The zero-order chi connectivity index (χ0) is 25.1. The zero-order valence-corrected chi connectivity index (χ0v) is 20.8. The molecule has 0 spiro atoms. The molecule has 3 aromatic carbocycles. The molecule has 8 heteroatoms. The predicted octanol–water partition coefficient (Wildman–Crippen LogP) is 5.41. The van der Waals surface area contributed by atoms with E-state index in [1.165, 1.54) is 11.8 Å². The molecule has 2 N–H and O–H groups in total. The molecule has 1 unspecified atom stereocenters. The number of benzene rings is 3. The SMILES string of the molecule is Cc1cc2nnc(SCC(=O)Nc3ccccc3C(=O)NC(C)c3ccccc3)n2c2ccccc12. The average Bonchev–Trinajstić information content (AvgIpc) is 3.31. The van der Waals surface area contributed by atoms with Gasteiger partial charge in [0.05, 0.1) is 28.6 Å². The molecular formula is C28H25N5O2S. The first-order chi connectivity index (χ1) is 17.5. The van der Waals surface area contributed by atoms with Gasteiger partial charge in [-0.25, -0.2) is 0 Å². The Bertz CT molecular complexity index is 1560. The predicted molar refractivity (Wildman–Crippen MR) is 143 cm³/mol. The van der Waals surface area contributed by atoms with E-state index in [0.717, 1.165) is 27.7 Å². The van der Waals surface area contributed by atoms with E-state index in [0.29, 0.717) is 16.4 Å². The number of aromatic nitrogens is 3. The molecule has 0 aliphatic carbocycles. The van der Waals surface area contributed by atoms with Crippen molar-refractivity contribution < 1.29 is 9.59 Å². The van der Waals surface area contributed by atoms with Crippen LogP contribution < -0.4 is 10.6 Å². The van der Waals surface area contributed by atoms with Gasteiger partial charge in [-0.1, -0.05) is 72.4 Å². The summed E-state index contributed by atoms with van der Waals surface area (Å²) in [5.41, 5.74) is 4.74. The van der Waals surface area contributed by atoms with Crippen LogP contribution in [0.2, 0.25) is 0 Å². The highest BCUT2D eigenvalue weighted by molar-refractivity contribution is 7.99. The number of thioether (sulfide) groups is 1. The van der Waals surface area contributed by atoms with Crippen molar-refractivity contribution in [2.24, 2.45) is 0 Å². The lowest BCUT2D eigenvalue weighted by molar-refractivity contribution is -0.113. The van der Waals surface area contributed by atoms with E-state index in [2.05, 4.69) is 26.9 Å². The van der Waals surface area contributed by atoms with Crippen molar-refractivity contribution in [3.05, 3.63) is 102 Å². The lowest BCUT2D eigenvalue weighted by Crippen LogP contribution is -2.28. The molecule has 36 heavy (non-hydrogen) atoms. The highest BCUT2D eigenvalue weighted by Gasteiger charge is 2.17. The fourth-order valence-corrected chi connectivity index (χ4v) is 4.93. The Morgan fingerprint density at radius 1 is 0.944 bits per heavy atom. The normalized spacial score (nSPS) is 11.9. The smallest absolute Gasteiger partial charge is 0.253 e. The summed E-state index contributed by atoms with van der Waals surface area (Å²) in [6.45, 7) is 3.98. The average molecular weight is 496 g/mol. The first kappa shape index (κ1) is 23.6. The Kier molecular flexibility index (Phi) is 6.69. The van der Waals surface area contributed by atoms with Crippen LogP contribution in [0.15, 0.2) is 90.1 Å². The van der Waals surface area contributed by atoms with Crippen molar-refractivity contribution in [1.82, 2.24) is 19.9 Å². The van der Waals surface area contributed by atoms with E-state index in [9.17, 15) is 9.59 Å². The van der Waals surface area contributed by atoms with Crippen LogP contribution >= 0.6 is 11.8 Å². The third-order valence-electron chi connectivity index (χ3n) is 6.00. The van der Waals surface area contributed by atoms with Crippen LogP contribution in [0.25, 0.3) is 16.6 Å². The summed E-state index contributed by atoms with van der Waals surface area (Å²) >= 11 is 1.30. The Labute approximate surface area is 212 Å². The third kappa shape index (κ3) is 4.81. The van der Waals surface area contributed by atoms with Crippen LogP contribution in [0, 0.1) is 6.92 Å². The number of pyridine rings is 1. The van der Waals surface area contributed by atoms with Crippen LogP contribution in [0.4, 0.5) is 5.69 Å². The van der Waals surface area contributed by atoms with E-state index >= 15 is 0 Å². The number of para-hydroxylation sites is 2. The number of amides is 2. The van der Waals surface area contributed by atoms with Gasteiger partial charge in [-0.2, -0.15) is 0 Å². The van der Waals surface area contributed by atoms with Gasteiger partial charge in [0.15, 0.2) is 10.8 Å². The van der Waals surface area contributed by atoms with Crippen LogP contribution in [-0.2, 0) is 4.79 Å². The maximum absolute atomic E-state index is 13.0. The molecule has 0 fully saturated rings. The Morgan fingerprint density at radius 3 is 2.50 bits per heavy atom. The molecule has 0 bridgehead atoms. The van der Waals surface area contributed by atoms with Gasteiger partial charge in [-0.05, 0) is 49.2 Å². The van der Waals surface area contributed by atoms with Crippen LogP contribution in [-0.4, -0.2) is 32.2 Å². The highest BCUT2D eigenvalue weighted by Crippen LogP contribution is 2.26. The number of nitrogens with zero attached hydrogens (tertiary/aromatic N) is 3. The Balaban J connectivity index is 1.29. The van der Waals surface area contributed by atoms with Crippen molar-refractivity contribution in [3.63, 3.8) is 0 Å². The molecule has 0 aliphatic heterocycles. The molecule has 0 aliphatic rings. The van der Waals surface area contributed by atoms with Gasteiger partial charge in [0.1, 0.15) is 0 Å². The van der Waals surface area contributed by atoms with Gasteiger partial charge < -0.3 is 10.6 Å². The van der Waals surface area contributed by atoms with E-state index < -0.39 is 0 Å². The van der Waals surface area contributed by atoms with Crippen molar-refractivity contribution in [2.75, 3.05) is 11.1 Å². The quantitative estimate of drug-likeness (QED) is 0.295. The molecule has 1 atom stereocenters. The number of carbonyl (C=O) groups is 2. The molecular weight excluding hydrogens is 470 g/mol. The summed E-state index contributed by atoms with van der Waals surface area (Å²) in [6, 6.07) is 26.6. The van der Waals surface area contributed by atoms with Gasteiger partial charge >= 0.3 is 0 Å². The standard InChI is InChI=1S/C28H25N5O2S/c1-18-16-25-31-32-28(33(25)24-15-9-7-12-21(18)24)36-17-26(34)30-23-14-8-6-13-22(23)27(35)29-19(2)20-10-4-3-5-11-20/h3-16,19H,17H2,1-2H3,(H,29,35)(H,30,34). The van der Waals surface area contributed by atoms with E-state index in [1.54, 1.807) is 24.3 Å². The fourth-order valence-electron chi connectivity index (χ4n) is 4.17. The van der Waals surface area contributed by atoms with Gasteiger partial charge in [0, 0.05) is 5.39 Å². The van der Waals surface area contributed by atoms with Crippen molar-refractivity contribution in [1.29, 1.82) is 0 Å². The van der Waals surface area contributed by atoms with Gasteiger partial charge in [-0.3, -0.25) is 14.0 Å². The van der Waals surface area contributed by atoms with Crippen molar-refractivity contribution in [2.45, 2.75) is 25.0 Å². The molecule has 180 valence electrons. The highest BCUT2D eigenvalue weighted by atomic mass is 32.2. The fraction of sp³-hybridized carbons (Fsp3) is 0.143. The first-order valence-corrected chi connectivity index (χ1v) is 12.6. The van der Waals surface area contributed by atoms with Gasteiger partial charge in [0.25, 0.3) is 5.91 Å². The van der Waals surface area contributed by atoms with Gasteiger partial charge in [0.2, 0.25) is 5.91 Å². The van der Waals surface area contributed by atoms with E-state index in [-0.39, 0.29) is 23.6 Å². The number of hydrogen-bond acceptors (Lipinski definition) is 5. The topological polar surface area (TPSA) is 88.4 Å². The first-order valence-electron chi connectivity index (χ1n) is 11.6. The lowest BCUT2D eigenvalue weighted by atomic mass is 10.1. The molecule has 0 saturated heterocycles. The molecule has 2 heterocycles. The number of fused-ring (bicyclic) bond motifs is 3. The summed E-state index contributed by atoms with van der Waals surface area (Å²) in [6.07, 6.45) is 0. The van der Waals surface area contributed by atoms with Crippen LogP contribution in [0.3, 0.4) is 0 Å². The summed E-state index contributed by atoms with van der Waals surface area (Å²) in [7, 11) is 0. The van der Waals surface area contributed by atoms with Crippen molar-refractivity contribution >= 4 is 45.8 Å². The summed E-state index contributed by atoms with van der Waals surface area (Å²) in [5.74, 6) is -0.357. The minimum Gasteiger partial charge on any atom is -0.345 e. The summed E-state index contributed by atoms with van der Waals surface area (Å²) in [4.78, 5) is 25.8. The third-order valence-corrected chi connectivity index (χ3v) is 6.93. The maximum atomic E-state index is 13.0. The number of carbonyl (C=O) groups excluding carboxylic acids is 2. The summed E-state index contributed by atoms with van der Waals surface area (Å²) < 4.78 is 1.96. The summed E-state index contributed by atoms with van der Waals surface area (Å²) in [5, 5.41) is 16.2. The second-order valence-corrected chi connectivity index (χ2v) is 9.45. The van der Waals surface area contributed by atoms with Crippen molar-refractivity contribution in [3.8, 4) is 0 Å². The molecule has 0 saturated carbocycles. The van der Waals surface area contributed by atoms with Gasteiger partial charge in [-0.15, -0.1) is 10.2 Å². The number of nitrogens with one attached hydrogen (secondary N) is 2. The minimum absolute atomic E-state index is 0.124.